The van der Waals surface area contributed by atoms with Crippen molar-refractivity contribution in [2.75, 3.05) is 26.7 Å². The van der Waals surface area contributed by atoms with Crippen LogP contribution in [0.5, 0.6) is 0 Å². The molecule has 0 saturated carbocycles. The molecular formula is C12H19N3O2. The monoisotopic (exact) mass is 237 g/mol. The number of aromatic nitrogens is 1. The van der Waals surface area contributed by atoms with Crippen LogP contribution < -0.4 is 5.32 Å². The molecule has 0 radical (unpaired) electrons. The van der Waals surface area contributed by atoms with Crippen LogP contribution in [-0.2, 0) is 0 Å². The van der Waals surface area contributed by atoms with E-state index in [0.717, 1.165) is 32.5 Å². The van der Waals surface area contributed by atoms with Crippen LogP contribution in [-0.4, -0.2) is 42.5 Å². The number of hydrogen-bond acceptors (Lipinski definition) is 4. The van der Waals surface area contributed by atoms with E-state index in [1.165, 1.54) is 6.39 Å². The summed E-state index contributed by atoms with van der Waals surface area (Å²) >= 11 is 0. The molecule has 5 heteroatoms. The number of carbonyl (C=O) groups is 1. The lowest BCUT2D eigenvalue weighted by atomic mass is 9.96. The van der Waals surface area contributed by atoms with Crippen molar-refractivity contribution in [3.63, 3.8) is 0 Å². The second-order valence-electron chi connectivity index (χ2n) is 4.56. The number of nitrogens with zero attached hydrogens (tertiary/aromatic N) is 2. The summed E-state index contributed by atoms with van der Waals surface area (Å²) in [4.78, 5) is 17.9. The minimum absolute atomic E-state index is 0.0251. The number of oxazole rings is 1. The number of aryl methyl sites for hydroxylation is 1. The Bertz CT molecular complexity index is 381. The van der Waals surface area contributed by atoms with Gasteiger partial charge in [-0.05, 0) is 39.3 Å². The van der Waals surface area contributed by atoms with Crippen molar-refractivity contribution in [2.45, 2.75) is 19.8 Å². The van der Waals surface area contributed by atoms with Crippen molar-refractivity contribution in [3.8, 4) is 0 Å². The molecule has 2 heterocycles. The molecule has 0 bridgehead atoms. The smallest absolute Gasteiger partial charge is 0.291 e. The van der Waals surface area contributed by atoms with E-state index in [9.17, 15) is 4.79 Å². The average Bonchev–Trinajstić information content (AvgIpc) is 2.76. The Morgan fingerprint density at radius 1 is 1.59 bits per heavy atom. The maximum Gasteiger partial charge on any atom is 0.291 e. The Kier molecular flexibility index (Phi) is 3.78. The highest BCUT2D eigenvalue weighted by molar-refractivity contribution is 5.92. The maximum atomic E-state index is 12.1. The van der Waals surface area contributed by atoms with Gasteiger partial charge in [-0.1, -0.05) is 0 Å². The summed E-state index contributed by atoms with van der Waals surface area (Å²) in [6.45, 7) is 4.45. The third kappa shape index (κ3) is 2.66. The van der Waals surface area contributed by atoms with Crippen molar-refractivity contribution in [3.05, 3.63) is 17.8 Å². The molecule has 0 unspecified atom stereocenters. The summed E-state index contributed by atoms with van der Waals surface area (Å²) < 4.78 is 5.14. The van der Waals surface area contributed by atoms with Gasteiger partial charge in [-0.25, -0.2) is 4.98 Å². The first-order chi connectivity index (χ1) is 8.22. The summed E-state index contributed by atoms with van der Waals surface area (Å²) in [5.74, 6) is 1.04. The van der Waals surface area contributed by atoms with Gasteiger partial charge in [-0.15, -0.1) is 0 Å². The maximum absolute atomic E-state index is 12.1. The van der Waals surface area contributed by atoms with Gasteiger partial charge in [0.1, 0.15) is 0 Å². The van der Waals surface area contributed by atoms with Gasteiger partial charge >= 0.3 is 0 Å². The zero-order valence-electron chi connectivity index (χ0n) is 10.4. The zero-order valence-corrected chi connectivity index (χ0v) is 10.4. The van der Waals surface area contributed by atoms with E-state index in [4.69, 9.17) is 4.42 Å². The predicted molar refractivity (Wildman–Crippen MR) is 63.8 cm³/mol. The SMILES string of the molecule is CNCC1CCN(C(=O)c2ocnc2C)CC1. The van der Waals surface area contributed by atoms with Gasteiger partial charge in [0.05, 0.1) is 5.69 Å². The lowest BCUT2D eigenvalue weighted by Gasteiger charge is -2.31. The quantitative estimate of drug-likeness (QED) is 0.854. The van der Waals surface area contributed by atoms with Crippen LogP contribution in [0.1, 0.15) is 29.1 Å². The summed E-state index contributed by atoms with van der Waals surface area (Å²) in [6.07, 6.45) is 3.44. The lowest BCUT2D eigenvalue weighted by Crippen LogP contribution is -2.40. The fourth-order valence-electron chi connectivity index (χ4n) is 2.28. The predicted octanol–water partition coefficient (Wildman–Crippen LogP) is 1.05. The van der Waals surface area contributed by atoms with Crippen molar-refractivity contribution >= 4 is 5.91 Å². The van der Waals surface area contributed by atoms with Gasteiger partial charge in [0.15, 0.2) is 6.39 Å². The molecule has 1 aliphatic heterocycles. The summed E-state index contributed by atoms with van der Waals surface area (Å²) in [7, 11) is 1.97. The molecule has 2 rings (SSSR count). The third-order valence-electron chi connectivity index (χ3n) is 3.33. The Morgan fingerprint density at radius 2 is 2.29 bits per heavy atom. The van der Waals surface area contributed by atoms with Gasteiger partial charge in [-0.2, -0.15) is 0 Å². The van der Waals surface area contributed by atoms with E-state index in [2.05, 4.69) is 10.3 Å². The molecule has 1 N–H and O–H groups in total. The molecule has 1 aliphatic rings. The van der Waals surface area contributed by atoms with E-state index in [1.807, 2.05) is 11.9 Å². The Morgan fingerprint density at radius 3 is 2.82 bits per heavy atom. The number of hydrogen-bond donors (Lipinski definition) is 1. The van der Waals surface area contributed by atoms with Crippen LogP contribution in [0.15, 0.2) is 10.8 Å². The fraction of sp³-hybridized carbons (Fsp3) is 0.667. The number of likely N-dealkylation sites (tertiary alicyclic amines) is 1. The highest BCUT2D eigenvalue weighted by Gasteiger charge is 2.26. The molecule has 0 spiro atoms. The van der Waals surface area contributed by atoms with Gasteiger partial charge in [0.25, 0.3) is 5.91 Å². The normalized spacial score (nSPS) is 17.4. The number of nitrogens with one attached hydrogen (secondary N) is 1. The van der Waals surface area contributed by atoms with Crippen LogP contribution in [0.25, 0.3) is 0 Å². The molecule has 1 aromatic heterocycles. The van der Waals surface area contributed by atoms with Crippen LogP contribution in [0.3, 0.4) is 0 Å². The molecule has 94 valence electrons. The Balaban J connectivity index is 1.93. The topological polar surface area (TPSA) is 58.4 Å². The largest absolute Gasteiger partial charge is 0.438 e. The molecule has 1 fully saturated rings. The third-order valence-corrected chi connectivity index (χ3v) is 3.33. The number of rotatable bonds is 3. The molecular weight excluding hydrogens is 218 g/mol. The highest BCUT2D eigenvalue weighted by atomic mass is 16.3. The van der Waals surface area contributed by atoms with Crippen molar-refractivity contribution in [1.82, 2.24) is 15.2 Å². The molecule has 0 atom stereocenters. The zero-order chi connectivity index (χ0) is 12.3. The summed E-state index contributed by atoms with van der Waals surface area (Å²) in [5.41, 5.74) is 0.673. The molecule has 1 amide bonds. The standard InChI is InChI=1S/C12H19N3O2/c1-9-11(17-8-14-9)12(16)15-5-3-10(4-6-15)7-13-2/h8,10,13H,3-7H2,1-2H3. The summed E-state index contributed by atoms with van der Waals surface area (Å²) in [6, 6.07) is 0. The second kappa shape index (κ2) is 5.31. The second-order valence-corrected chi connectivity index (χ2v) is 4.56. The molecule has 0 aromatic carbocycles. The first-order valence-corrected chi connectivity index (χ1v) is 6.06. The molecule has 1 saturated heterocycles. The van der Waals surface area contributed by atoms with E-state index in [1.54, 1.807) is 6.92 Å². The van der Waals surface area contributed by atoms with Crippen LogP contribution in [0.2, 0.25) is 0 Å². The molecule has 0 aliphatic carbocycles. The van der Waals surface area contributed by atoms with Gasteiger partial charge in [0.2, 0.25) is 5.76 Å². The van der Waals surface area contributed by atoms with E-state index < -0.39 is 0 Å². The molecule has 17 heavy (non-hydrogen) atoms. The minimum atomic E-state index is -0.0251. The number of piperidine rings is 1. The van der Waals surface area contributed by atoms with Crippen LogP contribution >= 0.6 is 0 Å². The van der Waals surface area contributed by atoms with Crippen LogP contribution in [0, 0.1) is 12.8 Å². The van der Waals surface area contributed by atoms with Crippen molar-refractivity contribution in [2.24, 2.45) is 5.92 Å². The lowest BCUT2D eigenvalue weighted by molar-refractivity contribution is 0.0658. The van der Waals surface area contributed by atoms with Gasteiger partial charge in [0, 0.05) is 13.1 Å². The van der Waals surface area contributed by atoms with E-state index in [0.29, 0.717) is 17.4 Å². The highest BCUT2D eigenvalue weighted by Crippen LogP contribution is 2.19. The van der Waals surface area contributed by atoms with Crippen molar-refractivity contribution in [1.29, 1.82) is 0 Å². The first-order valence-electron chi connectivity index (χ1n) is 6.06. The fourth-order valence-corrected chi connectivity index (χ4v) is 2.28. The molecule has 5 nitrogen and oxygen atoms in total. The van der Waals surface area contributed by atoms with Crippen LogP contribution in [0.4, 0.5) is 0 Å². The summed E-state index contributed by atoms with van der Waals surface area (Å²) in [5, 5.41) is 3.19. The average molecular weight is 237 g/mol. The Labute approximate surface area is 101 Å². The Hall–Kier alpha value is -1.36. The minimum Gasteiger partial charge on any atom is -0.438 e. The van der Waals surface area contributed by atoms with E-state index in [-0.39, 0.29) is 5.91 Å². The van der Waals surface area contributed by atoms with E-state index >= 15 is 0 Å². The number of carbonyl (C=O) groups excluding carboxylic acids is 1. The first kappa shape index (κ1) is 12.1. The van der Waals surface area contributed by atoms with Gasteiger partial charge < -0.3 is 14.6 Å². The number of amides is 1. The van der Waals surface area contributed by atoms with Gasteiger partial charge in [-0.3, -0.25) is 4.79 Å². The van der Waals surface area contributed by atoms with Crippen molar-refractivity contribution < 1.29 is 9.21 Å². The molecule has 1 aromatic rings.